The van der Waals surface area contributed by atoms with E-state index in [0.717, 1.165) is 22.2 Å². The first-order valence-corrected chi connectivity index (χ1v) is 8.02. The van der Waals surface area contributed by atoms with E-state index in [1.54, 1.807) is 20.3 Å². The number of carbonyl (C=O) groups excluding carboxylic acids is 1. The summed E-state index contributed by atoms with van der Waals surface area (Å²) in [5.74, 6) is 0.495. The van der Waals surface area contributed by atoms with Gasteiger partial charge in [0.25, 0.3) is 5.91 Å². The standard InChI is InChI=1S/C20H20N2O3/c1-24-18-10-6-4-8-15(18)19(25-2)13-21-20(23)17-12-11-14-7-3-5-9-16(14)22-17/h3-12,19H,13H2,1-2H3,(H,21,23). The van der Waals surface area contributed by atoms with Crippen LogP contribution in [-0.2, 0) is 4.74 Å². The second-order valence-corrected chi connectivity index (χ2v) is 5.57. The number of benzene rings is 2. The molecule has 2 aromatic carbocycles. The van der Waals surface area contributed by atoms with Gasteiger partial charge in [-0.05, 0) is 18.2 Å². The van der Waals surface area contributed by atoms with E-state index in [4.69, 9.17) is 9.47 Å². The highest BCUT2D eigenvalue weighted by molar-refractivity contribution is 5.94. The first-order chi connectivity index (χ1) is 12.2. The number of methoxy groups -OCH3 is 2. The summed E-state index contributed by atoms with van der Waals surface area (Å²) in [6.45, 7) is 0.324. The third kappa shape index (κ3) is 3.78. The van der Waals surface area contributed by atoms with Gasteiger partial charge >= 0.3 is 0 Å². The van der Waals surface area contributed by atoms with Crippen LogP contribution in [0.2, 0.25) is 0 Å². The Balaban J connectivity index is 1.73. The van der Waals surface area contributed by atoms with E-state index < -0.39 is 0 Å². The fourth-order valence-electron chi connectivity index (χ4n) is 2.72. The van der Waals surface area contributed by atoms with Gasteiger partial charge in [-0.3, -0.25) is 4.79 Å². The van der Waals surface area contributed by atoms with Crippen molar-refractivity contribution in [3.05, 3.63) is 71.9 Å². The third-order valence-electron chi connectivity index (χ3n) is 4.05. The maximum Gasteiger partial charge on any atom is 0.270 e. The molecule has 3 aromatic rings. The van der Waals surface area contributed by atoms with Crippen LogP contribution in [0.4, 0.5) is 0 Å². The number of fused-ring (bicyclic) bond motifs is 1. The molecule has 5 heteroatoms. The highest BCUT2D eigenvalue weighted by Crippen LogP contribution is 2.26. The summed E-state index contributed by atoms with van der Waals surface area (Å²) in [5.41, 5.74) is 2.07. The molecule has 1 unspecified atom stereocenters. The van der Waals surface area contributed by atoms with Gasteiger partial charge in [0.1, 0.15) is 17.5 Å². The second kappa shape index (κ2) is 7.77. The number of aromatic nitrogens is 1. The van der Waals surface area contributed by atoms with Crippen LogP contribution >= 0.6 is 0 Å². The molecule has 0 aliphatic carbocycles. The Kier molecular flexibility index (Phi) is 5.26. The Morgan fingerprint density at radius 1 is 1.04 bits per heavy atom. The maximum absolute atomic E-state index is 12.4. The molecule has 1 amide bonds. The van der Waals surface area contributed by atoms with Gasteiger partial charge in [0.05, 0.1) is 12.6 Å². The van der Waals surface area contributed by atoms with Gasteiger partial charge in [-0.15, -0.1) is 0 Å². The van der Waals surface area contributed by atoms with Gasteiger partial charge in [0.15, 0.2) is 0 Å². The molecule has 0 aliphatic heterocycles. The normalized spacial score (nSPS) is 11.9. The topological polar surface area (TPSA) is 60.5 Å². The fourth-order valence-corrected chi connectivity index (χ4v) is 2.72. The van der Waals surface area contributed by atoms with Crippen LogP contribution in [0.5, 0.6) is 5.75 Å². The van der Waals surface area contributed by atoms with E-state index in [-0.39, 0.29) is 12.0 Å². The summed E-state index contributed by atoms with van der Waals surface area (Å²) in [6, 6.07) is 18.9. The average molecular weight is 336 g/mol. The zero-order chi connectivity index (χ0) is 17.6. The van der Waals surface area contributed by atoms with Crippen molar-refractivity contribution in [3.63, 3.8) is 0 Å². The number of para-hydroxylation sites is 2. The van der Waals surface area contributed by atoms with Gasteiger partial charge in [-0.25, -0.2) is 4.98 Å². The van der Waals surface area contributed by atoms with Crippen molar-refractivity contribution in [1.29, 1.82) is 0 Å². The number of carbonyl (C=O) groups is 1. The minimum atomic E-state index is -0.305. The Morgan fingerprint density at radius 2 is 1.80 bits per heavy atom. The number of nitrogens with zero attached hydrogens (tertiary/aromatic N) is 1. The molecule has 0 saturated heterocycles. The summed E-state index contributed by atoms with van der Waals surface area (Å²) >= 11 is 0. The highest BCUT2D eigenvalue weighted by Gasteiger charge is 2.17. The molecule has 0 radical (unpaired) electrons. The largest absolute Gasteiger partial charge is 0.496 e. The van der Waals surface area contributed by atoms with Gasteiger partial charge in [0, 0.05) is 24.6 Å². The highest BCUT2D eigenvalue weighted by atomic mass is 16.5. The fraction of sp³-hybridized carbons (Fsp3) is 0.200. The van der Waals surface area contributed by atoms with Crippen molar-refractivity contribution in [3.8, 4) is 5.75 Å². The molecule has 0 spiro atoms. The minimum absolute atomic E-state index is 0.234. The molecule has 1 atom stereocenters. The molecule has 3 rings (SSSR count). The van der Waals surface area contributed by atoms with E-state index >= 15 is 0 Å². The number of ether oxygens (including phenoxy) is 2. The van der Waals surface area contributed by atoms with E-state index in [2.05, 4.69) is 10.3 Å². The number of hydrogen-bond acceptors (Lipinski definition) is 4. The average Bonchev–Trinajstić information content (AvgIpc) is 2.68. The smallest absolute Gasteiger partial charge is 0.270 e. The molecule has 0 aliphatic rings. The van der Waals surface area contributed by atoms with Gasteiger partial charge in [-0.1, -0.05) is 42.5 Å². The summed E-state index contributed by atoms with van der Waals surface area (Å²) < 4.78 is 10.9. The quantitative estimate of drug-likeness (QED) is 0.750. The molecule has 25 heavy (non-hydrogen) atoms. The summed E-state index contributed by atoms with van der Waals surface area (Å²) in [5, 5.41) is 3.89. The van der Waals surface area contributed by atoms with Crippen LogP contribution in [0.1, 0.15) is 22.2 Å². The number of rotatable bonds is 6. The number of nitrogens with one attached hydrogen (secondary N) is 1. The third-order valence-corrected chi connectivity index (χ3v) is 4.05. The van der Waals surface area contributed by atoms with Crippen molar-refractivity contribution in [1.82, 2.24) is 10.3 Å². The van der Waals surface area contributed by atoms with Crippen molar-refractivity contribution >= 4 is 16.8 Å². The van der Waals surface area contributed by atoms with E-state index in [1.165, 1.54) is 0 Å². The Hall–Kier alpha value is -2.92. The predicted molar refractivity (Wildman–Crippen MR) is 96.8 cm³/mol. The molecule has 5 nitrogen and oxygen atoms in total. The van der Waals surface area contributed by atoms with Crippen LogP contribution in [0.25, 0.3) is 10.9 Å². The lowest BCUT2D eigenvalue weighted by Gasteiger charge is -2.19. The number of pyridine rings is 1. The van der Waals surface area contributed by atoms with Crippen molar-refractivity contribution < 1.29 is 14.3 Å². The lowest BCUT2D eigenvalue weighted by molar-refractivity contribution is 0.0816. The van der Waals surface area contributed by atoms with Gasteiger partial charge in [0.2, 0.25) is 0 Å². The van der Waals surface area contributed by atoms with Crippen LogP contribution in [0.3, 0.4) is 0 Å². The Morgan fingerprint density at radius 3 is 2.60 bits per heavy atom. The molecule has 0 saturated carbocycles. The lowest BCUT2D eigenvalue weighted by Crippen LogP contribution is -2.30. The van der Waals surface area contributed by atoms with Crippen molar-refractivity contribution in [2.45, 2.75) is 6.10 Å². The maximum atomic E-state index is 12.4. The lowest BCUT2D eigenvalue weighted by atomic mass is 10.1. The van der Waals surface area contributed by atoms with Crippen LogP contribution < -0.4 is 10.1 Å². The first-order valence-electron chi connectivity index (χ1n) is 8.02. The summed E-state index contributed by atoms with van der Waals surface area (Å²) in [6.07, 6.45) is -0.305. The predicted octanol–water partition coefficient (Wildman–Crippen LogP) is 3.36. The molecule has 1 heterocycles. The van der Waals surface area contributed by atoms with E-state index in [9.17, 15) is 4.79 Å². The zero-order valence-electron chi connectivity index (χ0n) is 14.2. The monoisotopic (exact) mass is 336 g/mol. The van der Waals surface area contributed by atoms with Crippen LogP contribution in [0.15, 0.2) is 60.7 Å². The second-order valence-electron chi connectivity index (χ2n) is 5.57. The molecule has 0 bridgehead atoms. The first kappa shape index (κ1) is 16.9. The minimum Gasteiger partial charge on any atom is -0.496 e. The Bertz CT molecular complexity index is 879. The van der Waals surface area contributed by atoms with Crippen LogP contribution in [0, 0.1) is 0 Å². The Labute approximate surface area is 146 Å². The van der Waals surface area contributed by atoms with Crippen LogP contribution in [-0.4, -0.2) is 31.7 Å². The van der Waals surface area contributed by atoms with Gasteiger partial charge < -0.3 is 14.8 Å². The number of amides is 1. The van der Waals surface area contributed by atoms with E-state index in [1.807, 2.05) is 54.6 Å². The number of hydrogen-bond donors (Lipinski definition) is 1. The zero-order valence-corrected chi connectivity index (χ0v) is 14.2. The van der Waals surface area contributed by atoms with Gasteiger partial charge in [-0.2, -0.15) is 0 Å². The van der Waals surface area contributed by atoms with E-state index in [0.29, 0.717) is 12.2 Å². The molecule has 128 valence electrons. The SMILES string of the molecule is COc1ccccc1C(CNC(=O)c1ccc2ccccc2n1)OC. The molecular weight excluding hydrogens is 316 g/mol. The molecular formula is C20H20N2O3. The summed E-state index contributed by atoms with van der Waals surface area (Å²) in [4.78, 5) is 16.8. The molecule has 1 aromatic heterocycles. The molecule has 1 N–H and O–H groups in total. The summed E-state index contributed by atoms with van der Waals surface area (Å²) in [7, 11) is 3.22. The van der Waals surface area contributed by atoms with Crippen molar-refractivity contribution in [2.24, 2.45) is 0 Å². The van der Waals surface area contributed by atoms with Crippen molar-refractivity contribution in [2.75, 3.05) is 20.8 Å². The molecule has 0 fully saturated rings.